The van der Waals surface area contributed by atoms with Crippen molar-refractivity contribution in [2.45, 2.75) is 19.9 Å². The van der Waals surface area contributed by atoms with E-state index in [-0.39, 0.29) is 0 Å². The molecule has 0 N–H and O–H groups in total. The fourth-order valence-electron chi connectivity index (χ4n) is 2.05. The first-order valence-corrected chi connectivity index (χ1v) is 5.63. The molecule has 0 saturated heterocycles. The molecule has 3 aromatic rings. The molecule has 0 aliphatic heterocycles. The molecule has 17 heavy (non-hydrogen) atoms. The smallest absolute Gasteiger partial charge is 0.257 e. The predicted molar refractivity (Wildman–Crippen MR) is 65.6 cm³/mol. The second-order valence-electron chi connectivity index (χ2n) is 4.34. The topological polar surface area (TPSA) is 43.9 Å². The molecule has 0 atom stereocenters. The zero-order valence-electron chi connectivity index (χ0n) is 9.79. The van der Waals surface area contributed by atoms with Gasteiger partial charge in [-0.25, -0.2) is 0 Å². The van der Waals surface area contributed by atoms with Crippen LogP contribution in [0.15, 0.2) is 41.3 Å². The van der Waals surface area contributed by atoms with E-state index < -0.39 is 0 Å². The number of fused-ring (bicyclic) bond motifs is 1. The first-order valence-electron chi connectivity index (χ1n) is 5.63. The molecule has 2 aromatic heterocycles. The van der Waals surface area contributed by atoms with Crippen LogP contribution in [0.2, 0.25) is 0 Å². The van der Waals surface area contributed by atoms with Crippen molar-refractivity contribution in [1.29, 1.82) is 0 Å². The molecular formula is C13H13N3O. The lowest BCUT2D eigenvalue weighted by atomic mass is 10.1. The van der Waals surface area contributed by atoms with Crippen LogP contribution in [0.3, 0.4) is 0 Å². The van der Waals surface area contributed by atoms with Crippen LogP contribution in [0.25, 0.3) is 22.4 Å². The Balaban J connectivity index is 2.15. The van der Waals surface area contributed by atoms with Crippen LogP contribution < -0.4 is 0 Å². The summed E-state index contributed by atoms with van der Waals surface area (Å²) in [5, 5.41) is 4.81. The maximum absolute atomic E-state index is 5.05. The van der Waals surface area contributed by atoms with Crippen LogP contribution in [0.4, 0.5) is 0 Å². The molecule has 86 valence electrons. The normalized spacial score (nSPS) is 11.5. The van der Waals surface area contributed by atoms with Gasteiger partial charge in [0.25, 0.3) is 5.89 Å². The quantitative estimate of drug-likeness (QED) is 0.674. The summed E-state index contributed by atoms with van der Waals surface area (Å²) in [4.78, 5) is 4.05. The van der Waals surface area contributed by atoms with Crippen LogP contribution in [0, 0.1) is 0 Å². The van der Waals surface area contributed by atoms with Crippen molar-refractivity contribution >= 4 is 10.9 Å². The van der Waals surface area contributed by atoms with Gasteiger partial charge in [0, 0.05) is 28.7 Å². The third kappa shape index (κ3) is 1.62. The fourth-order valence-corrected chi connectivity index (χ4v) is 2.05. The van der Waals surface area contributed by atoms with Crippen LogP contribution in [-0.2, 0) is 0 Å². The zero-order chi connectivity index (χ0) is 11.8. The lowest BCUT2D eigenvalue weighted by molar-refractivity contribution is 0.430. The largest absolute Gasteiger partial charge is 0.345 e. The Morgan fingerprint density at radius 2 is 2.12 bits per heavy atom. The van der Waals surface area contributed by atoms with E-state index >= 15 is 0 Å². The molecule has 3 rings (SSSR count). The number of rotatable bonds is 2. The van der Waals surface area contributed by atoms with Gasteiger partial charge in [-0.2, -0.15) is 4.98 Å². The summed E-state index contributed by atoms with van der Waals surface area (Å²) in [6, 6.07) is 8.74. The van der Waals surface area contributed by atoms with Gasteiger partial charge in [0.15, 0.2) is 6.33 Å². The second-order valence-corrected chi connectivity index (χ2v) is 4.34. The standard InChI is InChI=1S/C13H13N3O/c1-9(2)16-6-5-10-7-11(3-4-12(10)16)13-14-8-15-17-13/h3-9H,1-2H3. The van der Waals surface area contributed by atoms with Gasteiger partial charge in [0.1, 0.15) is 0 Å². The number of nitrogens with zero attached hydrogens (tertiary/aromatic N) is 3. The van der Waals surface area contributed by atoms with Crippen molar-refractivity contribution in [3.05, 3.63) is 36.8 Å². The Morgan fingerprint density at radius 3 is 2.82 bits per heavy atom. The Labute approximate surface area is 98.9 Å². The van der Waals surface area contributed by atoms with Gasteiger partial charge >= 0.3 is 0 Å². The maximum Gasteiger partial charge on any atom is 0.257 e. The van der Waals surface area contributed by atoms with Crippen LogP contribution in [0.1, 0.15) is 19.9 Å². The third-order valence-corrected chi connectivity index (χ3v) is 2.88. The summed E-state index contributed by atoms with van der Waals surface area (Å²) in [5.74, 6) is 0.559. The van der Waals surface area contributed by atoms with Gasteiger partial charge in [-0.1, -0.05) is 5.16 Å². The Hall–Kier alpha value is -2.10. The van der Waals surface area contributed by atoms with E-state index in [1.54, 1.807) is 0 Å². The molecule has 2 heterocycles. The van der Waals surface area contributed by atoms with Crippen LogP contribution >= 0.6 is 0 Å². The molecule has 0 amide bonds. The average molecular weight is 227 g/mol. The summed E-state index contributed by atoms with van der Waals surface area (Å²) in [6.07, 6.45) is 3.52. The van der Waals surface area contributed by atoms with E-state index in [2.05, 4.69) is 53.0 Å². The molecular weight excluding hydrogens is 214 g/mol. The van der Waals surface area contributed by atoms with Crippen molar-refractivity contribution in [2.24, 2.45) is 0 Å². The predicted octanol–water partition coefficient (Wildman–Crippen LogP) is 3.27. The first kappa shape index (κ1) is 10.1. The minimum absolute atomic E-state index is 0.460. The maximum atomic E-state index is 5.05. The van der Waals surface area contributed by atoms with E-state index in [9.17, 15) is 0 Å². The number of hydrogen-bond donors (Lipinski definition) is 0. The molecule has 0 saturated carbocycles. The van der Waals surface area contributed by atoms with Crippen molar-refractivity contribution in [3.8, 4) is 11.5 Å². The van der Waals surface area contributed by atoms with Crippen molar-refractivity contribution in [3.63, 3.8) is 0 Å². The third-order valence-electron chi connectivity index (χ3n) is 2.88. The van der Waals surface area contributed by atoms with Gasteiger partial charge in [-0.3, -0.25) is 0 Å². The fraction of sp³-hybridized carbons (Fsp3) is 0.231. The SMILES string of the molecule is CC(C)n1ccc2cc(-c3ncno3)ccc21. The molecule has 4 heteroatoms. The number of hydrogen-bond acceptors (Lipinski definition) is 3. The zero-order valence-corrected chi connectivity index (χ0v) is 9.79. The Bertz CT molecular complexity index is 638. The summed E-state index contributed by atoms with van der Waals surface area (Å²) in [6.45, 7) is 4.34. The number of aromatic nitrogens is 3. The minimum atomic E-state index is 0.460. The van der Waals surface area contributed by atoms with E-state index in [1.165, 1.54) is 17.2 Å². The summed E-state index contributed by atoms with van der Waals surface area (Å²) in [5.41, 5.74) is 2.18. The molecule has 0 fully saturated rings. The first-order chi connectivity index (χ1) is 8.25. The van der Waals surface area contributed by atoms with Gasteiger partial charge in [0.05, 0.1) is 0 Å². The molecule has 0 spiro atoms. The molecule has 1 aromatic carbocycles. The highest BCUT2D eigenvalue weighted by Gasteiger charge is 2.08. The van der Waals surface area contributed by atoms with Crippen molar-refractivity contribution < 1.29 is 4.52 Å². The molecule has 4 nitrogen and oxygen atoms in total. The molecule has 0 aliphatic carbocycles. The van der Waals surface area contributed by atoms with Crippen molar-refractivity contribution in [1.82, 2.24) is 14.7 Å². The average Bonchev–Trinajstić information content (AvgIpc) is 2.97. The van der Waals surface area contributed by atoms with Crippen molar-refractivity contribution in [2.75, 3.05) is 0 Å². The second kappa shape index (κ2) is 3.73. The highest BCUT2D eigenvalue weighted by atomic mass is 16.5. The van der Waals surface area contributed by atoms with Gasteiger partial charge < -0.3 is 9.09 Å². The van der Waals surface area contributed by atoms with Gasteiger partial charge in [-0.05, 0) is 38.1 Å². The van der Waals surface area contributed by atoms with Crippen LogP contribution in [0.5, 0.6) is 0 Å². The van der Waals surface area contributed by atoms with E-state index in [4.69, 9.17) is 4.52 Å². The lowest BCUT2D eigenvalue weighted by Crippen LogP contribution is -1.97. The summed E-state index contributed by atoms with van der Waals surface area (Å²) in [7, 11) is 0. The number of benzene rings is 1. The molecule has 0 unspecified atom stereocenters. The van der Waals surface area contributed by atoms with E-state index in [1.807, 2.05) is 6.07 Å². The Morgan fingerprint density at radius 1 is 1.24 bits per heavy atom. The monoisotopic (exact) mass is 227 g/mol. The highest BCUT2D eigenvalue weighted by Crippen LogP contribution is 2.25. The van der Waals surface area contributed by atoms with E-state index in [0.29, 0.717) is 11.9 Å². The molecule has 0 bridgehead atoms. The van der Waals surface area contributed by atoms with E-state index in [0.717, 1.165) is 5.56 Å². The molecule has 0 radical (unpaired) electrons. The summed E-state index contributed by atoms with van der Waals surface area (Å²) < 4.78 is 7.30. The molecule has 0 aliphatic rings. The Kier molecular flexibility index (Phi) is 2.21. The van der Waals surface area contributed by atoms with Crippen LogP contribution in [-0.4, -0.2) is 14.7 Å². The summed E-state index contributed by atoms with van der Waals surface area (Å²) >= 11 is 0. The lowest BCUT2D eigenvalue weighted by Gasteiger charge is -2.09. The van der Waals surface area contributed by atoms with Gasteiger partial charge in [0.2, 0.25) is 0 Å². The highest BCUT2D eigenvalue weighted by molar-refractivity contribution is 5.84. The minimum Gasteiger partial charge on any atom is -0.345 e. The van der Waals surface area contributed by atoms with Gasteiger partial charge in [-0.15, -0.1) is 0 Å².